The van der Waals surface area contributed by atoms with Crippen LogP contribution in [0.1, 0.15) is 64.2 Å². The van der Waals surface area contributed by atoms with Crippen LogP contribution in [0.15, 0.2) is 12.7 Å². The largest absolute Gasteiger partial charge is 0.387 e. The van der Waals surface area contributed by atoms with Crippen LogP contribution in [0.3, 0.4) is 0 Å². The summed E-state index contributed by atoms with van der Waals surface area (Å²) in [7, 11) is 0. The molecule has 5 aliphatic rings. The van der Waals surface area contributed by atoms with Crippen LogP contribution in [-0.4, -0.2) is 59.9 Å². The van der Waals surface area contributed by atoms with E-state index in [9.17, 15) is 5.11 Å². The highest BCUT2D eigenvalue weighted by atomic mass is 16.8. The molecule has 6 nitrogen and oxygen atoms in total. The number of hydrogen-bond acceptors (Lipinski definition) is 6. The van der Waals surface area contributed by atoms with E-state index in [0.29, 0.717) is 6.61 Å². The molecule has 0 radical (unpaired) electrons. The van der Waals surface area contributed by atoms with E-state index in [0.717, 1.165) is 51.4 Å². The topological polar surface area (TPSA) is 66.4 Å². The van der Waals surface area contributed by atoms with Gasteiger partial charge in [0.15, 0.2) is 11.6 Å². The predicted octanol–water partition coefficient (Wildman–Crippen LogP) is 2.82. The minimum atomic E-state index is -0.758. The predicted molar refractivity (Wildman–Crippen MR) is 97.1 cm³/mol. The zero-order chi connectivity index (χ0) is 18.5. The van der Waals surface area contributed by atoms with Gasteiger partial charge in [0, 0.05) is 25.7 Å². The molecule has 0 aromatic heterocycles. The fourth-order valence-corrected chi connectivity index (χ4v) is 5.75. The smallest absolute Gasteiger partial charge is 0.169 e. The van der Waals surface area contributed by atoms with Crippen LogP contribution < -0.4 is 0 Å². The van der Waals surface area contributed by atoms with E-state index in [1.165, 1.54) is 12.8 Å². The lowest BCUT2D eigenvalue weighted by Gasteiger charge is -2.40. The second kappa shape index (κ2) is 7.08. The van der Waals surface area contributed by atoms with E-state index in [4.69, 9.17) is 23.7 Å². The van der Waals surface area contributed by atoms with E-state index in [1.807, 2.05) is 0 Å². The van der Waals surface area contributed by atoms with Crippen LogP contribution in [0, 0.1) is 0 Å². The normalized spacial score (nSPS) is 44.9. The van der Waals surface area contributed by atoms with Crippen molar-refractivity contribution < 1.29 is 28.8 Å². The van der Waals surface area contributed by atoms with Gasteiger partial charge >= 0.3 is 0 Å². The van der Waals surface area contributed by atoms with Crippen LogP contribution in [-0.2, 0) is 23.7 Å². The molecule has 0 bridgehead atoms. The summed E-state index contributed by atoms with van der Waals surface area (Å²) in [6.07, 6.45) is 9.45. The van der Waals surface area contributed by atoms with Gasteiger partial charge in [-0.25, -0.2) is 0 Å². The minimum absolute atomic E-state index is 0.316. The number of aliphatic hydroxyl groups excluding tert-OH is 1. The Balaban J connectivity index is 1.41. The standard InChI is InChI=1S/C21H32O6/c1-2-13-23-17-18-15(24-20(26-18)9-5-3-6-10-20)14(22)16-19(17)27-21(25-16)11-7-4-8-12-21/h2,14-19,22H,1,3-13H2/t14?,15-,16+,17?,18-,19-/m0/s1. The molecule has 1 N–H and O–H groups in total. The number of aliphatic hydroxyl groups is 1. The van der Waals surface area contributed by atoms with Crippen molar-refractivity contribution in [1.29, 1.82) is 0 Å². The first-order valence-corrected chi connectivity index (χ1v) is 10.8. The van der Waals surface area contributed by atoms with Crippen LogP contribution in [0.4, 0.5) is 0 Å². The summed E-state index contributed by atoms with van der Waals surface area (Å²) < 4.78 is 31.9. The van der Waals surface area contributed by atoms with Crippen molar-refractivity contribution in [2.75, 3.05) is 6.61 Å². The zero-order valence-electron chi connectivity index (χ0n) is 16.0. The second-order valence-corrected chi connectivity index (χ2v) is 8.85. The van der Waals surface area contributed by atoms with Gasteiger partial charge in [-0.3, -0.25) is 0 Å². The number of fused-ring (bicyclic) bond motifs is 2. The molecule has 3 aliphatic carbocycles. The van der Waals surface area contributed by atoms with E-state index in [2.05, 4.69) is 6.58 Å². The molecule has 0 aromatic rings. The average molecular weight is 380 g/mol. The quantitative estimate of drug-likeness (QED) is 0.760. The van der Waals surface area contributed by atoms with Crippen molar-refractivity contribution in [1.82, 2.24) is 0 Å². The molecule has 27 heavy (non-hydrogen) atoms. The Hall–Kier alpha value is -0.500. The van der Waals surface area contributed by atoms with Crippen molar-refractivity contribution in [3.8, 4) is 0 Å². The maximum atomic E-state index is 11.1. The van der Waals surface area contributed by atoms with Gasteiger partial charge in [-0.1, -0.05) is 18.9 Å². The summed E-state index contributed by atoms with van der Waals surface area (Å²) in [4.78, 5) is 0. The van der Waals surface area contributed by atoms with Gasteiger partial charge in [0.25, 0.3) is 0 Å². The Labute approximate surface area is 161 Å². The summed E-state index contributed by atoms with van der Waals surface area (Å²) in [6, 6.07) is 0. The lowest BCUT2D eigenvalue weighted by atomic mass is 9.85. The van der Waals surface area contributed by atoms with Crippen LogP contribution in [0.2, 0.25) is 0 Å². The van der Waals surface area contributed by atoms with Crippen molar-refractivity contribution in [3.63, 3.8) is 0 Å². The summed E-state index contributed by atoms with van der Waals surface area (Å²) >= 11 is 0. The third-order valence-corrected chi connectivity index (χ3v) is 7.01. The maximum Gasteiger partial charge on any atom is 0.169 e. The summed E-state index contributed by atoms with van der Waals surface area (Å²) in [5, 5.41) is 11.1. The molecule has 152 valence electrons. The van der Waals surface area contributed by atoms with Gasteiger partial charge < -0.3 is 28.8 Å². The van der Waals surface area contributed by atoms with Gasteiger partial charge in [0.2, 0.25) is 0 Å². The third-order valence-electron chi connectivity index (χ3n) is 7.01. The second-order valence-electron chi connectivity index (χ2n) is 8.85. The summed E-state index contributed by atoms with van der Waals surface area (Å²) in [5.74, 6) is -1.16. The first kappa shape index (κ1) is 18.5. The summed E-state index contributed by atoms with van der Waals surface area (Å²) in [5.41, 5.74) is 0. The van der Waals surface area contributed by atoms with Crippen LogP contribution in [0.5, 0.6) is 0 Å². The van der Waals surface area contributed by atoms with Crippen LogP contribution >= 0.6 is 0 Å². The molecule has 0 amide bonds. The van der Waals surface area contributed by atoms with Gasteiger partial charge in [-0.2, -0.15) is 0 Å². The Morgan fingerprint density at radius 1 is 0.778 bits per heavy atom. The van der Waals surface area contributed by atoms with Crippen molar-refractivity contribution in [2.24, 2.45) is 0 Å². The molecule has 6 heteroatoms. The zero-order valence-corrected chi connectivity index (χ0v) is 16.0. The molecule has 2 saturated heterocycles. The molecule has 5 rings (SSSR count). The first-order chi connectivity index (χ1) is 13.2. The molecule has 3 saturated carbocycles. The lowest BCUT2D eigenvalue weighted by molar-refractivity contribution is -0.225. The van der Waals surface area contributed by atoms with E-state index in [-0.39, 0.29) is 18.3 Å². The van der Waals surface area contributed by atoms with Gasteiger partial charge in [-0.15, -0.1) is 6.58 Å². The SMILES string of the molecule is C=CCOC1[C@H]2OC3(CCCCC3)O[C@@H]2C(O)[C@@H]2OC3(CCCCC3)O[C@H]12. The van der Waals surface area contributed by atoms with Gasteiger partial charge in [-0.05, 0) is 25.7 Å². The Morgan fingerprint density at radius 3 is 1.67 bits per heavy atom. The Bertz CT molecular complexity index is 511. The Morgan fingerprint density at radius 2 is 1.22 bits per heavy atom. The highest BCUT2D eigenvalue weighted by molar-refractivity contribution is 5.10. The molecule has 5 fully saturated rings. The monoisotopic (exact) mass is 380 g/mol. The number of hydrogen-bond donors (Lipinski definition) is 1. The van der Waals surface area contributed by atoms with E-state index in [1.54, 1.807) is 6.08 Å². The van der Waals surface area contributed by atoms with Gasteiger partial charge in [0.1, 0.15) is 36.6 Å². The third kappa shape index (κ3) is 3.09. The van der Waals surface area contributed by atoms with Crippen molar-refractivity contribution in [3.05, 3.63) is 12.7 Å². The first-order valence-electron chi connectivity index (χ1n) is 10.8. The summed E-state index contributed by atoms with van der Waals surface area (Å²) in [6.45, 7) is 4.20. The fraction of sp³-hybridized carbons (Fsp3) is 0.905. The fourth-order valence-electron chi connectivity index (χ4n) is 5.75. The lowest BCUT2D eigenvalue weighted by Crippen LogP contribution is -2.62. The molecular formula is C21H32O6. The molecule has 6 atom stereocenters. The average Bonchev–Trinajstić information content (AvgIpc) is 3.23. The number of ether oxygens (including phenoxy) is 5. The minimum Gasteiger partial charge on any atom is -0.387 e. The molecule has 2 spiro atoms. The Kier molecular flexibility index (Phi) is 4.86. The maximum absolute atomic E-state index is 11.1. The van der Waals surface area contributed by atoms with Crippen molar-refractivity contribution >= 4 is 0 Å². The number of rotatable bonds is 3. The van der Waals surface area contributed by atoms with E-state index >= 15 is 0 Å². The molecule has 0 aromatic carbocycles. The molecular weight excluding hydrogens is 348 g/mol. The molecule has 2 heterocycles. The van der Waals surface area contributed by atoms with Crippen molar-refractivity contribution in [2.45, 2.75) is 112 Å². The molecule has 2 unspecified atom stereocenters. The highest BCUT2D eigenvalue weighted by Crippen LogP contribution is 2.51. The van der Waals surface area contributed by atoms with Gasteiger partial charge in [0.05, 0.1) is 6.61 Å². The molecule has 2 aliphatic heterocycles. The van der Waals surface area contributed by atoms with Crippen LogP contribution in [0.25, 0.3) is 0 Å². The highest BCUT2D eigenvalue weighted by Gasteiger charge is 2.66. The van der Waals surface area contributed by atoms with E-state index < -0.39 is 29.9 Å².